The zero-order chi connectivity index (χ0) is 29.1. The van der Waals surface area contributed by atoms with E-state index in [0.29, 0.717) is 44.8 Å². The highest BCUT2D eigenvalue weighted by atomic mass is 32.2. The number of sulfonamides is 1. The van der Waals surface area contributed by atoms with Gasteiger partial charge in [0.1, 0.15) is 28.7 Å². The number of anilines is 2. The highest BCUT2D eigenvalue weighted by Gasteiger charge is 2.28. The summed E-state index contributed by atoms with van der Waals surface area (Å²) >= 11 is 0. The second-order valence-corrected chi connectivity index (χ2v) is 11.4. The fourth-order valence-electron chi connectivity index (χ4n) is 4.26. The molecule has 0 bridgehead atoms. The molecule has 4 N–H and O–H groups in total. The second-order valence-electron chi connectivity index (χ2n) is 9.67. The number of hydrogen-bond donors (Lipinski definition) is 4. The van der Waals surface area contributed by atoms with Crippen molar-refractivity contribution in [1.82, 2.24) is 4.72 Å². The Morgan fingerprint density at radius 3 is 2.20 bits per heavy atom. The van der Waals surface area contributed by atoms with Crippen LogP contribution in [0.1, 0.15) is 13.8 Å². The maximum atomic E-state index is 12.9. The molecule has 0 saturated carbocycles. The third-order valence-electron chi connectivity index (χ3n) is 6.30. The van der Waals surface area contributed by atoms with Gasteiger partial charge in [-0.2, -0.15) is 4.72 Å². The Morgan fingerprint density at radius 1 is 0.780 bits per heavy atom. The molecular formula is C30H27N3O7S. The van der Waals surface area contributed by atoms with E-state index in [-0.39, 0.29) is 4.90 Å². The molecule has 210 valence electrons. The van der Waals surface area contributed by atoms with Gasteiger partial charge in [-0.3, -0.25) is 4.79 Å². The van der Waals surface area contributed by atoms with Crippen LogP contribution < -0.4 is 20.1 Å². The summed E-state index contributed by atoms with van der Waals surface area (Å²) in [6.45, 7) is 3.24. The van der Waals surface area contributed by atoms with E-state index in [2.05, 4.69) is 15.4 Å². The van der Waals surface area contributed by atoms with Gasteiger partial charge in [0.05, 0.1) is 4.90 Å². The molecule has 0 saturated heterocycles. The molecule has 0 unspecified atom stereocenters. The van der Waals surface area contributed by atoms with Crippen LogP contribution in [0.5, 0.6) is 11.5 Å². The second kappa shape index (κ2) is 11.3. The van der Waals surface area contributed by atoms with Crippen molar-refractivity contribution in [3.8, 4) is 11.5 Å². The zero-order valence-corrected chi connectivity index (χ0v) is 22.9. The number of aliphatic carboxylic acids is 1. The van der Waals surface area contributed by atoms with Crippen LogP contribution in [0, 0.1) is 5.92 Å². The lowest BCUT2D eigenvalue weighted by atomic mass is 10.1. The first kappa shape index (κ1) is 27.7. The van der Waals surface area contributed by atoms with Crippen molar-refractivity contribution in [1.29, 1.82) is 0 Å². The van der Waals surface area contributed by atoms with Crippen molar-refractivity contribution in [2.75, 3.05) is 10.6 Å². The lowest BCUT2D eigenvalue weighted by Gasteiger charge is -2.17. The molecule has 1 heterocycles. The predicted octanol–water partition coefficient (Wildman–Crippen LogP) is 6.41. The number of carbonyl (C=O) groups excluding carboxylic acids is 1. The van der Waals surface area contributed by atoms with E-state index < -0.39 is 34.0 Å². The largest absolute Gasteiger partial charge is 0.480 e. The smallest absolute Gasteiger partial charge is 0.323 e. The van der Waals surface area contributed by atoms with Gasteiger partial charge in [0, 0.05) is 34.3 Å². The van der Waals surface area contributed by atoms with Crippen molar-refractivity contribution >= 4 is 55.3 Å². The van der Waals surface area contributed by atoms with E-state index in [1.54, 1.807) is 62.4 Å². The third-order valence-corrected chi connectivity index (χ3v) is 7.74. The van der Waals surface area contributed by atoms with E-state index in [9.17, 15) is 23.1 Å². The summed E-state index contributed by atoms with van der Waals surface area (Å²) in [5.41, 5.74) is 1.82. The lowest BCUT2D eigenvalue weighted by Crippen LogP contribution is -2.44. The number of urea groups is 1. The quantitative estimate of drug-likeness (QED) is 0.159. The third kappa shape index (κ3) is 6.32. The number of carboxylic acid groups (broad SMARTS) is 1. The number of furan rings is 1. The van der Waals surface area contributed by atoms with Gasteiger partial charge in [0.15, 0.2) is 0 Å². The topological polar surface area (TPSA) is 147 Å². The van der Waals surface area contributed by atoms with Crippen molar-refractivity contribution in [3.05, 3.63) is 91.0 Å². The van der Waals surface area contributed by atoms with Gasteiger partial charge in [-0.1, -0.05) is 38.1 Å². The maximum Gasteiger partial charge on any atom is 0.323 e. The number of amides is 2. The van der Waals surface area contributed by atoms with Crippen LogP contribution in [0.25, 0.3) is 21.9 Å². The first-order valence-corrected chi connectivity index (χ1v) is 14.2. The summed E-state index contributed by atoms with van der Waals surface area (Å²) in [5, 5.41) is 16.2. The summed E-state index contributed by atoms with van der Waals surface area (Å²) < 4.78 is 39.7. The van der Waals surface area contributed by atoms with Gasteiger partial charge in [-0.15, -0.1) is 0 Å². The minimum atomic E-state index is -4.12. The van der Waals surface area contributed by atoms with Gasteiger partial charge in [0.25, 0.3) is 0 Å². The first-order valence-electron chi connectivity index (χ1n) is 12.7. The summed E-state index contributed by atoms with van der Waals surface area (Å²) in [5.74, 6) is -0.465. The number of hydrogen-bond acceptors (Lipinski definition) is 6. The van der Waals surface area contributed by atoms with Crippen molar-refractivity contribution in [2.24, 2.45) is 5.92 Å². The van der Waals surface area contributed by atoms with Crippen molar-refractivity contribution in [2.45, 2.75) is 24.8 Å². The molecule has 0 aliphatic carbocycles. The highest BCUT2D eigenvalue weighted by Crippen LogP contribution is 2.32. The highest BCUT2D eigenvalue weighted by molar-refractivity contribution is 7.89. The summed E-state index contributed by atoms with van der Waals surface area (Å²) in [7, 11) is -4.12. The average molecular weight is 574 g/mol. The van der Waals surface area contributed by atoms with Crippen LogP contribution in [-0.4, -0.2) is 31.6 Å². The molecule has 0 aliphatic heterocycles. The minimum absolute atomic E-state index is 0.118. The number of nitrogens with one attached hydrogen (secondary N) is 3. The normalized spacial score (nSPS) is 12.4. The monoisotopic (exact) mass is 573 g/mol. The van der Waals surface area contributed by atoms with Crippen LogP contribution >= 0.6 is 0 Å². The minimum Gasteiger partial charge on any atom is -0.480 e. The SMILES string of the molecule is CC(C)[C@H](NS(=O)(=O)c1ccc2c(c1)oc1ccc(NC(=O)Nc3cccc(Oc4ccccc4)c3)cc12)C(=O)O. The first-order chi connectivity index (χ1) is 19.6. The van der Waals surface area contributed by atoms with Crippen LogP contribution in [0.2, 0.25) is 0 Å². The van der Waals surface area contributed by atoms with Crippen LogP contribution in [0.3, 0.4) is 0 Å². The van der Waals surface area contributed by atoms with E-state index in [1.165, 1.54) is 12.1 Å². The number of carboxylic acids is 1. The molecule has 5 aromatic rings. The Bertz CT molecular complexity index is 1850. The molecule has 11 heteroatoms. The molecule has 1 atom stereocenters. The Kier molecular flexibility index (Phi) is 7.64. The summed E-state index contributed by atoms with van der Waals surface area (Å²) in [6, 6.07) is 23.9. The Hall–Kier alpha value is -4.87. The Morgan fingerprint density at radius 2 is 1.49 bits per heavy atom. The molecular weight excluding hydrogens is 546 g/mol. The molecule has 0 spiro atoms. The summed E-state index contributed by atoms with van der Waals surface area (Å²) in [6.07, 6.45) is 0. The maximum absolute atomic E-state index is 12.9. The van der Waals surface area contributed by atoms with Crippen LogP contribution in [0.4, 0.5) is 16.2 Å². The summed E-state index contributed by atoms with van der Waals surface area (Å²) in [4.78, 5) is 24.1. The van der Waals surface area contributed by atoms with E-state index in [4.69, 9.17) is 9.15 Å². The molecule has 0 radical (unpaired) electrons. The van der Waals surface area contributed by atoms with Crippen molar-refractivity contribution < 1.29 is 32.3 Å². The molecule has 1 aromatic heterocycles. The van der Waals surface area contributed by atoms with Crippen LogP contribution in [-0.2, 0) is 14.8 Å². The number of para-hydroxylation sites is 1. The molecule has 41 heavy (non-hydrogen) atoms. The number of ether oxygens (including phenoxy) is 1. The van der Waals surface area contributed by atoms with E-state index in [0.717, 1.165) is 0 Å². The van der Waals surface area contributed by atoms with E-state index >= 15 is 0 Å². The van der Waals surface area contributed by atoms with Crippen molar-refractivity contribution in [3.63, 3.8) is 0 Å². The Balaban J connectivity index is 1.32. The number of rotatable bonds is 9. The number of fused-ring (bicyclic) bond motifs is 3. The van der Waals surface area contributed by atoms with Crippen LogP contribution in [0.15, 0.2) is 100 Å². The van der Waals surface area contributed by atoms with Gasteiger partial charge >= 0.3 is 12.0 Å². The number of carbonyl (C=O) groups is 2. The Labute approximate surface area is 236 Å². The molecule has 0 aliphatic rings. The fraction of sp³-hybridized carbons (Fsp3) is 0.133. The van der Waals surface area contributed by atoms with E-state index in [1.807, 2.05) is 30.3 Å². The molecule has 0 fully saturated rings. The predicted molar refractivity (Wildman–Crippen MR) is 156 cm³/mol. The van der Waals surface area contributed by atoms with Gasteiger partial charge in [-0.05, 0) is 60.5 Å². The number of benzene rings is 4. The zero-order valence-electron chi connectivity index (χ0n) is 22.1. The molecule has 4 aromatic carbocycles. The standard InChI is InChI=1S/C30H27N3O7S/c1-18(2)28(29(34)35)33-41(37,38)23-12-13-24-25-16-20(11-14-26(25)40-27(24)17-23)32-30(36)31-19-7-6-10-22(15-19)39-21-8-4-3-5-9-21/h3-18,28,33H,1-2H3,(H,34,35)(H2,31,32,36)/t28-/m0/s1. The van der Waals surface area contributed by atoms with Gasteiger partial charge < -0.3 is 24.9 Å². The lowest BCUT2D eigenvalue weighted by molar-refractivity contribution is -0.140. The molecule has 5 rings (SSSR count). The molecule has 10 nitrogen and oxygen atoms in total. The fourth-order valence-corrected chi connectivity index (χ4v) is 5.62. The van der Waals surface area contributed by atoms with Gasteiger partial charge in [-0.25, -0.2) is 13.2 Å². The van der Waals surface area contributed by atoms with Gasteiger partial charge in [0.2, 0.25) is 10.0 Å². The molecule has 2 amide bonds. The average Bonchev–Trinajstić information content (AvgIpc) is 3.29.